The van der Waals surface area contributed by atoms with E-state index in [9.17, 15) is 0 Å². The molecule has 4 aromatic rings. The lowest BCUT2D eigenvalue weighted by Crippen LogP contribution is -1.91. The van der Waals surface area contributed by atoms with Gasteiger partial charge >= 0.3 is 0 Å². The minimum Gasteiger partial charge on any atom is -0.438 e. The monoisotopic (exact) mass is 376 g/mol. The maximum Gasteiger partial charge on any atom is 0.219 e. The molecule has 3 nitrogen and oxygen atoms in total. The van der Waals surface area contributed by atoms with Crippen LogP contribution in [0.3, 0.4) is 0 Å². The van der Waals surface area contributed by atoms with Gasteiger partial charge in [0.1, 0.15) is 5.75 Å². The Kier molecular flexibility index (Phi) is 3.97. The predicted molar refractivity (Wildman–Crippen MR) is 99.2 cm³/mol. The van der Waals surface area contributed by atoms with Crippen molar-refractivity contribution in [2.24, 2.45) is 0 Å². The molecule has 0 fully saturated rings. The minimum absolute atomic E-state index is 0.568. The van der Waals surface area contributed by atoms with Crippen molar-refractivity contribution in [3.63, 3.8) is 0 Å². The molecule has 0 atom stereocenters. The Hall–Kier alpha value is -2.72. The SMILES string of the molecule is Brc1ccc(-c2ccccc2Oc2ccc3cnccc3n2)cc1. The number of ether oxygens (including phenoxy) is 1. The van der Waals surface area contributed by atoms with Crippen molar-refractivity contribution in [1.82, 2.24) is 9.97 Å². The van der Waals surface area contributed by atoms with Gasteiger partial charge in [-0.2, -0.15) is 0 Å². The number of aromatic nitrogens is 2. The molecule has 24 heavy (non-hydrogen) atoms. The summed E-state index contributed by atoms with van der Waals surface area (Å²) >= 11 is 3.47. The van der Waals surface area contributed by atoms with Crippen LogP contribution in [0.25, 0.3) is 22.0 Å². The third-order valence-corrected chi connectivity index (χ3v) is 4.25. The Morgan fingerprint density at radius 1 is 0.833 bits per heavy atom. The fourth-order valence-electron chi connectivity index (χ4n) is 2.54. The topological polar surface area (TPSA) is 35.0 Å². The van der Waals surface area contributed by atoms with Gasteiger partial charge in [-0.15, -0.1) is 0 Å². The van der Waals surface area contributed by atoms with Crippen molar-refractivity contribution >= 4 is 26.8 Å². The Morgan fingerprint density at radius 2 is 1.67 bits per heavy atom. The zero-order valence-electron chi connectivity index (χ0n) is 12.7. The maximum atomic E-state index is 6.06. The first-order valence-corrected chi connectivity index (χ1v) is 8.32. The summed E-state index contributed by atoms with van der Waals surface area (Å²) in [4.78, 5) is 8.65. The van der Waals surface area contributed by atoms with E-state index in [-0.39, 0.29) is 0 Å². The molecule has 2 heterocycles. The second-order valence-electron chi connectivity index (χ2n) is 5.32. The summed E-state index contributed by atoms with van der Waals surface area (Å²) in [7, 11) is 0. The minimum atomic E-state index is 0.568. The van der Waals surface area contributed by atoms with Crippen LogP contribution in [0.4, 0.5) is 0 Å². The largest absolute Gasteiger partial charge is 0.438 e. The molecule has 0 N–H and O–H groups in total. The molecule has 0 aliphatic rings. The van der Waals surface area contributed by atoms with Crippen LogP contribution in [0.5, 0.6) is 11.6 Å². The van der Waals surface area contributed by atoms with E-state index < -0.39 is 0 Å². The van der Waals surface area contributed by atoms with E-state index in [1.54, 1.807) is 12.4 Å². The molecule has 4 rings (SSSR count). The predicted octanol–water partition coefficient (Wildman–Crippen LogP) is 5.85. The number of pyridine rings is 2. The maximum absolute atomic E-state index is 6.06. The molecule has 0 bridgehead atoms. The number of halogens is 1. The first-order chi connectivity index (χ1) is 11.8. The third kappa shape index (κ3) is 3.01. The molecule has 2 aromatic carbocycles. The highest BCUT2D eigenvalue weighted by Crippen LogP contribution is 2.33. The fourth-order valence-corrected chi connectivity index (χ4v) is 2.80. The van der Waals surface area contributed by atoms with Crippen molar-refractivity contribution in [2.75, 3.05) is 0 Å². The standard InChI is InChI=1S/C20H13BrN2O/c21-16-8-5-14(6-9-16)17-3-1-2-4-19(17)24-20-10-7-15-13-22-12-11-18(15)23-20/h1-13H. The summed E-state index contributed by atoms with van der Waals surface area (Å²) in [6, 6.07) is 21.8. The van der Waals surface area contributed by atoms with Gasteiger partial charge in [-0.25, -0.2) is 4.98 Å². The van der Waals surface area contributed by atoms with E-state index in [1.165, 1.54) is 0 Å². The smallest absolute Gasteiger partial charge is 0.219 e. The van der Waals surface area contributed by atoms with Crippen LogP contribution >= 0.6 is 15.9 Å². The summed E-state index contributed by atoms with van der Waals surface area (Å²) in [5, 5.41) is 0.992. The van der Waals surface area contributed by atoms with Crippen LogP contribution in [0.15, 0.2) is 83.6 Å². The van der Waals surface area contributed by atoms with Gasteiger partial charge < -0.3 is 4.74 Å². The van der Waals surface area contributed by atoms with E-state index in [2.05, 4.69) is 38.0 Å². The van der Waals surface area contributed by atoms with Crippen LogP contribution < -0.4 is 4.74 Å². The summed E-state index contributed by atoms with van der Waals surface area (Å²) in [5.74, 6) is 1.35. The van der Waals surface area contributed by atoms with Gasteiger partial charge in [-0.3, -0.25) is 4.98 Å². The molecule has 0 spiro atoms. The van der Waals surface area contributed by atoms with Crippen LogP contribution in [0, 0.1) is 0 Å². The molecule has 0 saturated carbocycles. The lowest BCUT2D eigenvalue weighted by atomic mass is 10.1. The average molecular weight is 377 g/mol. The zero-order chi connectivity index (χ0) is 16.4. The van der Waals surface area contributed by atoms with E-state index in [1.807, 2.05) is 54.6 Å². The van der Waals surface area contributed by atoms with Crippen molar-refractivity contribution in [3.8, 4) is 22.8 Å². The molecule has 0 saturated heterocycles. The van der Waals surface area contributed by atoms with Crippen LogP contribution in [-0.4, -0.2) is 9.97 Å². The normalized spacial score (nSPS) is 10.7. The summed E-state index contributed by atoms with van der Waals surface area (Å²) in [6.45, 7) is 0. The number of fused-ring (bicyclic) bond motifs is 1. The van der Waals surface area contributed by atoms with Crippen molar-refractivity contribution in [2.45, 2.75) is 0 Å². The summed E-state index contributed by atoms with van der Waals surface area (Å²) in [6.07, 6.45) is 3.52. The van der Waals surface area contributed by atoms with Gasteiger partial charge in [0.05, 0.1) is 5.52 Å². The molecular weight excluding hydrogens is 364 g/mol. The highest BCUT2D eigenvalue weighted by Gasteiger charge is 2.08. The van der Waals surface area contributed by atoms with Gasteiger partial charge in [0.2, 0.25) is 5.88 Å². The number of para-hydroxylation sites is 1. The van der Waals surface area contributed by atoms with E-state index >= 15 is 0 Å². The van der Waals surface area contributed by atoms with E-state index in [0.29, 0.717) is 5.88 Å². The van der Waals surface area contributed by atoms with Crippen LogP contribution in [0.1, 0.15) is 0 Å². The summed E-state index contributed by atoms with van der Waals surface area (Å²) < 4.78 is 7.11. The quantitative estimate of drug-likeness (QED) is 0.449. The zero-order valence-corrected chi connectivity index (χ0v) is 14.3. The molecule has 0 aliphatic carbocycles. The lowest BCUT2D eigenvalue weighted by Gasteiger charge is -2.11. The number of nitrogens with zero attached hydrogens (tertiary/aromatic N) is 2. The van der Waals surface area contributed by atoms with Gasteiger partial charge in [0.15, 0.2) is 0 Å². The van der Waals surface area contributed by atoms with Gasteiger partial charge in [-0.05, 0) is 35.9 Å². The summed E-state index contributed by atoms with van der Waals surface area (Å²) in [5.41, 5.74) is 2.99. The number of rotatable bonds is 3. The molecular formula is C20H13BrN2O. The Balaban J connectivity index is 1.72. The van der Waals surface area contributed by atoms with Gasteiger partial charge in [-0.1, -0.05) is 46.3 Å². The number of hydrogen-bond donors (Lipinski definition) is 0. The average Bonchev–Trinajstić information content (AvgIpc) is 2.63. The van der Waals surface area contributed by atoms with Crippen molar-refractivity contribution in [1.29, 1.82) is 0 Å². The first kappa shape index (κ1) is 14.8. The van der Waals surface area contributed by atoms with Gasteiger partial charge in [0, 0.05) is 33.9 Å². The molecule has 0 amide bonds. The fraction of sp³-hybridized carbons (Fsp3) is 0. The number of hydrogen-bond acceptors (Lipinski definition) is 3. The van der Waals surface area contributed by atoms with Crippen LogP contribution in [-0.2, 0) is 0 Å². The second-order valence-corrected chi connectivity index (χ2v) is 6.24. The van der Waals surface area contributed by atoms with Crippen LogP contribution in [0.2, 0.25) is 0 Å². The molecule has 0 radical (unpaired) electrons. The Bertz CT molecular complexity index is 1000. The lowest BCUT2D eigenvalue weighted by molar-refractivity contribution is 0.467. The molecule has 0 aliphatic heterocycles. The van der Waals surface area contributed by atoms with E-state index in [0.717, 1.165) is 32.3 Å². The van der Waals surface area contributed by atoms with E-state index in [4.69, 9.17) is 4.74 Å². The van der Waals surface area contributed by atoms with Gasteiger partial charge in [0.25, 0.3) is 0 Å². The van der Waals surface area contributed by atoms with Crippen molar-refractivity contribution < 1.29 is 4.74 Å². The first-order valence-electron chi connectivity index (χ1n) is 7.53. The molecule has 2 aromatic heterocycles. The van der Waals surface area contributed by atoms with Crippen molar-refractivity contribution in [3.05, 3.63) is 83.6 Å². The molecule has 116 valence electrons. The third-order valence-electron chi connectivity index (χ3n) is 3.72. The highest BCUT2D eigenvalue weighted by molar-refractivity contribution is 9.10. The highest BCUT2D eigenvalue weighted by atomic mass is 79.9. The Morgan fingerprint density at radius 3 is 2.54 bits per heavy atom. The second kappa shape index (κ2) is 6.42. The molecule has 4 heteroatoms. The molecule has 0 unspecified atom stereocenters. The Labute approximate surface area is 148 Å². The number of benzene rings is 2.